The lowest BCUT2D eigenvalue weighted by Gasteiger charge is -2.42. The summed E-state index contributed by atoms with van der Waals surface area (Å²) in [5.41, 5.74) is 5.06. The summed E-state index contributed by atoms with van der Waals surface area (Å²) in [5.74, 6) is 5.83. The molecule has 114 valence electrons. The lowest BCUT2D eigenvalue weighted by molar-refractivity contribution is 0.106. The molecule has 1 fully saturated rings. The van der Waals surface area contributed by atoms with Gasteiger partial charge in [-0.2, -0.15) is 5.10 Å². The van der Waals surface area contributed by atoms with Crippen LogP contribution in [0.1, 0.15) is 37.9 Å². The van der Waals surface area contributed by atoms with Crippen LogP contribution in [0.4, 0.5) is 0 Å². The van der Waals surface area contributed by atoms with Crippen molar-refractivity contribution in [3.63, 3.8) is 0 Å². The Bertz CT molecular complexity index is 462. The van der Waals surface area contributed by atoms with Gasteiger partial charge in [0.1, 0.15) is 5.15 Å². The maximum Gasteiger partial charge on any atom is 0.130 e. The topological polar surface area (TPSA) is 59.1 Å². The number of nitrogens with zero attached hydrogens (tertiary/aromatic N) is 3. The predicted octanol–water partition coefficient (Wildman–Crippen LogP) is 1.63. The van der Waals surface area contributed by atoms with Crippen LogP contribution in [0.3, 0.4) is 0 Å². The molecule has 0 aromatic carbocycles. The molecule has 5 nitrogen and oxygen atoms in total. The van der Waals surface area contributed by atoms with Crippen molar-refractivity contribution in [1.82, 2.24) is 20.1 Å². The first-order valence-electron chi connectivity index (χ1n) is 7.27. The Hall–Kier alpha value is -0.620. The number of hydrazine groups is 1. The normalized spacial score (nSPS) is 18.7. The fourth-order valence-corrected chi connectivity index (χ4v) is 3.39. The molecule has 0 spiro atoms. The molecule has 1 aromatic heterocycles. The van der Waals surface area contributed by atoms with Crippen LogP contribution in [0.25, 0.3) is 0 Å². The lowest BCUT2D eigenvalue weighted by Crippen LogP contribution is -2.59. The van der Waals surface area contributed by atoms with Crippen LogP contribution < -0.4 is 11.3 Å². The van der Waals surface area contributed by atoms with Crippen LogP contribution in [0.15, 0.2) is 0 Å². The molecule has 1 aliphatic heterocycles. The summed E-state index contributed by atoms with van der Waals surface area (Å²) in [6.45, 7) is 8.79. The number of likely N-dealkylation sites (tertiary alicyclic amines) is 1. The molecule has 0 radical (unpaired) electrons. The molecule has 1 aliphatic rings. The highest BCUT2D eigenvalue weighted by Gasteiger charge is 2.37. The number of hydrogen-bond donors (Lipinski definition) is 2. The Morgan fingerprint density at radius 2 is 2.00 bits per heavy atom. The van der Waals surface area contributed by atoms with Crippen LogP contribution in [0.5, 0.6) is 0 Å². The largest absolute Gasteiger partial charge is 0.297 e. The van der Waals surface area contributed by atoms with Gasteiger partial charge in [0.25, 0.3) is 0 Å². The second-order valence-corrected chi connectivity index (χ2v) is 6.61. The first kappa shape index (κ1) is 15.8. The van der Waals surface area contributed by atoms with Crippen molar-refractivity contribution < 1.29 is 0 Å². The summed E-state index contributed by atoms with van der Waals surface area (Å²) in [6, 6.07) is 0.140. The molecular weight excluding hydrogens is 274 g/mol. The number of halogens is 1. The van der Waals surface area contributed by atoms with Gasteiger partial charge < -0.3 is 0 Å². The zero-order valence-electron chi connectivity index (χ0n) is 12.9. The van der Waals surface area contributed by atoms with E-state index in [1.165, 1.54) is 12.8 Å². The number of rotatable bonds is 5. The van der Waals surface area contributed by atoms with Gasteiger partial charge in [0, 0.05) is 24.2 Å². The van der Waals surface area contributed by atoms with E-state index in [1.54, 1.807) is 4.68 Å². The molecule has 1 saturated heterocycles. The predicted molar refractivity (Wildman–Crippen MR) is 82.7 cm³/mol. The van der Waals surface area contributed by atoms with E-state index in [0.717, 1.165) is 30.8 Å². The molecule has 1 unspecified atom stereocenters. The van der Waals surface area contributed by atoms with Crippen molar-refractivity contribution in [3.8, 4) is 0 Å². The Balaban J connectivity index is 2.19. The van der Waals surface area contributed by atoms with Gasteiger partial charge in [-0.05, 0) is 53.1 Å². The molecule has 3 N–H and O–H groups in total. The average molecular weight is 300 g/mol. The summed E-state index contributed by atoms with van der Waals surface area (Å²) < 4.78 is 1.72. The van der Waals surface area contributed by atoms with Gasteiger partial charge in [-0.25, -0.2) is 0 Å². The van der Waals surface area contributed by atoms with Crippen LogP contribution in [-0.4, -0.2) is 39.4 Å². The van der Waals surface area contributed by atoms with Gasteiger partial charge in [0.15, 0.2) is 0 Å². The summed E-state index contributed by atoms with van der Waals surface area (Å²) in [6.07, 6.45) is 3.33. The highest BCUT2D eigenvalue weighted by atomic mass is 35.5. The summed E-state index contributed by atoms with van der Waals surface area (Å²) in [7, 11) is 1.87. The molecule has 2 heterocycles. The third kappa shape index (κ3) is 2.86. The standard InChI is InChI=1S/C14H26ClN5/c1-10-11(13(15)19(4)18-10)9-12(17-16)14(2,3)20-7-5-6-8-20/h12,17H,5-9,16H2,1-4H3. The molecule has 0 saturated carbocycles. The molecule has 20 heavy (non-hydrogen) atoms. The van der Waals surface area contributed by atoms with Crippen molar-refractivity contribution in [1.29, 1.82) is 0 Å². The van der Waals surface area contributed by atoms with Crippen molar-refractivity contribution >= 4 is 11.6 Å². The van der Waals surface area contributed by atoms with Gasteiger partial charge in [-0.1, -0.05) is 11.6 Å². The van der Waals surface area contributed by atoms with E-state index < -0.39 is 0 Å². The maximum absolute atomic E-state index is 6.34. The van der Waals surface area contributed by atoms with Crippen LogP contribution in [0, 0.1) is 6.92 Å². The molecule has 2 rings (SSSR count). The van der Waals surface area contributed by atoms with Crippen molar-refractivity contribution in [2.45, 2.75) is 51.6 Å². The molecular formula is C14H26ClN5. The van der Waals surface area contributed by atoms with Crippen LogP contribution in [0.2, 0.25) is 5.15 Å². The Labute approximate surface area is 126 Å². The van der Waals surface area contributed by atoms with E-state index in [2.05, 4.69) is 29.3 Å². The maximum atomic E-state index is 6.34. The molecule has 1 aromatic rings. The van der Waals surface area contributed by atoms with Crippen molar-refractivity contribution in [2.75, 3.05) is 13.1 Å². The summed E-state index contributed by atoms with van der Waals surface area (Å²) in [5, 5.41) is 5.09. The smallest absolute Gasteiger partial charge is 0.130 e. The Morgan fingerprint density at radius 1 is 1.40 bits per heavy atom. The zero-order valence-corrected chi connectivity index (χ0v) is 13.7. The third-order valence-electron chi connectivity index (χ3n) is 4.65. The minimum absolute atomic E-state index is 0.00311. The fourth-order valence-electron chi connectivity index (χ4n) is 3.14. The monoisotopic (exact) mass is 299 g/mol. The third-order valence-corrected chi connectivity index (χ3v) is 5.13. The molecule has 0 aliphatic carbocycles. The zero-order chi connectivity index (χ0) is 14.9. The van der Waals surface area contributed by atoms with Gasteiger partial charge in [-0.15, -0.1) is 0 Å². The average Bonchev–Trinajstić information content (AvgIpc) is 2.99. The second kappa shape index (κ2) is 6.02. The molecule has 0 bridgehead atoms. The van der Waals surface area contributed by atoms with Gasteiger partial charge in [-0.3, -0.25) is 20.9 Å². The van der Waals surface area contributed by atoms with Gasteiger partial charge >= 0.3 is 0 Å². The molecule has 1 atom stereocenters. The van der Waals surface area contributed by atoms with Crippen LogP contribution in [-0.2, 0) is 13.5 Å². The van der Waals surface area contributed by atoms with Gasteiger partial charge in [0.05, 0.1) is 5.69 Å². The summed E-state index contributed by atoms with van der Waals surface area (Å²) >= 11 is 6.34. The highest BCUT2D eigenvalue weighted by molar-refractivity contribution is 6.30. The Kier molecular flexibility index (Phi) is 4.74. The summed E-state index contributed by atoms with van der Waals surface area (Å²) in [4.78, 5) is 2.51. The number of hydrogen-bond acceptors (Lipinski definition) is 4. The minimum atomic E-state index is -0.00311. The van der Waals surface area contributed by atoms with E-state index in [9.17, 15) is 0 Å². The number of aryl methyl sites for hydroxylation is 2. The number of nitrogens with one attached hydrogen (secondary N) is 1. The van der Waals surface area contributed by atoms with E-state index in [4.69, 9.17) is 17.4 Å². The van der Waals surface area contributed by atoms with E-state index in [1.807, 2.05) is 14.0 Å². The van der Waals surface area contributed by atoms with Gasteiger partial charge in [0.2, 0.25) is 0 Å². The molecule has 6 heteroatoms. The van der Waals surface area contributed by atoms with E-state index in [-0.39, 0.29) is 11.6 Å². The van der Waals surface area contributed by atoms with E-state index >= 15 is 0 Å². The quantitative estimate of drug-likeness (QED) is 0.641. The minimum Gasteiger partial charge on any atom is -0.297 e. The number of aromatic nitrogens is 2. The fraction of sp³-hybridized carbons (Fsp3) is 0.786. The SMILES string of the molecule is Cc1nn(C)c(Cl)c1CC(NN)C(C)(C)N1CCCC1. The highest BCUT2D eigenvalue weighted by Crippen LogP contribution is 2.28. The van der Waals surface area contributed by atoms with Crippen molar-refractivity contribution in [2.24, 2.45) is 12.9 Å². The van der Waals surface area contributed by atoms with E-state index in [0.29, 0.717) is 5.15 Å². The first-order valence-corrected chi connectivity index (χ1v) is 7.65. The lowest BCUT2D eigenvalue weighted by atomic mass is 9.88. The van der Waals surface area contributed by atoms with Crippen molar-refractivity contribution in [3.05, 3.63) is 16.4 Å². The second-order valence-electron chi connectivity index (χ2n) is 6.25. The number of nitrogens with two attached hydrogens (primary N) is 1. The molecule has 0 amide bonds. The first-order chi connectivity index (χ1) is 9.37. The Morgan fingerprint density at radius 3 is 2.45 bits per heavy atom. The van der Waals surface area contributed by atoms with Crippen LogP contribution >= 0.6 is 11.6 Å².